The molecule has 2 aromatic heterocycles. The van der Waals surface area contributed by atoms with Crippen molar-refractivity contribution in [3.8, 4) is 0 Å². The molecule has 0 bridgehead atoms. The van der Waals surface area contributed by atoms with Gasteiger partial charge in [-0.15, -0.1) is 5.10 Å². The number of hydrogen-bond donors (Lipinski definition) is 1. The smallest absolute Gasteiger partial charge is 0.351 e. The molecule has 120 valence electrons. The van der Waals surface area contributed by atoms with Crippen LogP contribution in [0.4, 0.5) is 10.2 Å². The van der Waals surface area contributed by atoms with Crippen LogP contribution in [0.25, 0.3) is 16.7 Å². The van der Waals surface area contributed by atoms with Gasteiger partial charge in [-0.25, -0.2) is 23.3 Å². The molecule has 24 heavy (non-hydrogen) atoms. The molecule has 0 aliphatic carbocycles. The number of nitrogens with two attached hydrogens (primary N) is 1. The van der Waals surface area contributed by atoms with Gasteiger partial charge in [-0.1, -0.05) is 24.3 Å². The number of aryl methyl sites for hydroxylation is 1. The maximum Gasteiger partial charge on any atom is 0.351 e. The van der Waals surface area contributed by atoms with E-state index in [1.54, 1.807) is 24.3 Å². The van der Waals surface area contributed by atoms with Gasteiger partial charge < -0.3 is 5.73 Å². The van der Waals surface area contributed by atoms with Crippen LogP contribution >= 0.6 is 0 Å². The minimum Gasteiger partial charge on any atom is -0.381 e. The summed E-state index contributed by atoms with van der Waals surface area (Å²) in [6.07, 6.45) is 0. The van der Waals surface area contributed by atoms with Gasteiger partial charge in [-0.2, -0.15) is 0 Å². The monoisotopic (exact) mass is 323 g/mol. The van der Waals surface area contributed by atoms with Crippen molar-refractivity contribution in [2.24, 2.45) is 0 Å². The van der Waals surface area contributed by atoms with E-state index in [-0.39, 0.29) is 29.5 Å². The van der Waals surface area contributed by atoms with Gasteiger partial charge in [0.25, 0.3) is 0 Å². The Morgan fingerprint density at radius 3 is 2.79 bits per heavy atom. The first-order valence-corrected chi connectivity index (χ1v) is 7.43. The zero-order chi connectivity index (χ0) is 16.8. The van der Waals surface area contributed by atoms with E-state index in [4.69, 9.17) is 5.73 Å². The van der Waals surface area contributed by atoms with Crippen molar-refractivity contribution in [2.75, 3.05) is 5.73 Å². The fourth-order valence-electron chi connectivity index (χ4n) is 2.77. The molecule has 7 heteroatoms. The van der Waals surface area contributed by atoms with E-state index in [0.717, 1.165) is 5.56 Å². The van der Waals surface area contributed by atoms with Gasteiger partial charge in [0.2, 0.25) is 5.65 Å². The molecule has 2 N–H and O–H groups in total. The summed E-state index contributed by atoms with van der Waals surface area (Å²) >= 11 is 0. The van der Waals surface area contributed by atoms with Crippen LogP contribution in [0.2, 0.25) is 0 Å². The average Bonchev–Trinajstić information content (AvgIpc) is 2.87. The van der Waals surface area contributed by atoms with E-state index in [9.17, 15) is 9.18 Å². The van der Waals surface area contributed by atoms with Gasteiger partial charge in [0.15, 0.2) is 5.82 Å². The van der Waals surface area contributed by atoms with Crippen molar-refractivity contribution in [3.05, 3.63) is 69.9 Å². The number of rotatable bonds is 2. The topological polar surface area (TPSA) is 78.2 Å². The standard InChI is InChI=1S/C17H14FN5O/c1-10-6-7-14-13(8-10)20-15(19)16-21-22(17(24)23(14)16)9-11-4-2-3-5-12(11)18/h2-8H,9H2,1H3,(H2,19,20). The normalized spacial score (nSPS) is 11.4. The molecular weight excluding hydrogens is 309 g/mol. The Labute approximate surface area is 136 Å². The second-order valence-electron chi connectivity index (χ2n) is 5.68. The third kappa shape index (κ3) is 2.13. The van der Waals surface area contributed by atoms with Crippen molar-refractivity contribution in [2.45, 2.75) is 13.5 Å². The number of hydrogen-bond acceptors (Lipinski definition) is 4. The molecule has 0 fully saturated rings. The fraction of sp³-hybridized carbons (Fsp3) is 0.118. The van der Waals surface area contributed by atoms with Crippen LogP contribution in [-0.4, -0.2) is 19.2 Å². The van der Waals surface area contributed by atoms with E-state index >= 15 is 0 Å². The van der Waals surface area contributed by atoms with Crippen LogP contribution in [0.3, 0.4) is 0 Å². The molecule has 0 unspecified atom stereocenters. The van der Waals surface area contributed by atoms with E-state index in [0.29, 0.717) is 16.6 Å². The second-order valence-corrected chi connectivity index (χ2v) is 5.68. The van der Waals surface area contributed by atoms with Gasteiger partial charge in [-0.3, -0.25) is 0 Å². The van der Waals surface area contributed by atoms with Crippen molar-refractivity contribution in [1.82, 2.24) is 19.2 Å². The molecule has 2 heterocycles. The van der Waals surface area contributed by atoms with Crippen molar-refractivity contribution >= 4 is 22.5 Å². The van der Waals surface area contributed by atoms with E-state index in [2.05, 4.69) is 10.1 Å². The maximum absolute atomic E-state index is 13.9. The summed E-state index contributed by atoms with van der Waals surface area (Å²) in [6, 6.07) is 11.8. The molecule has 0 saturated heterocycles. The first kappa shape index (κ1) is 14.4. The Morgan fingerprint density at radius 2 is 2.00 bits per heavy atom. The first-order chi connectivity index (χ1) is 11.5. The van der Waals surface area contributed by atoms with Gasteiger partial charge in [-0.05, 0) is 30.7 Å². The summed E-state index contributed by atoms with van der Waals surface area (Å²) in [7, 11) is 0. The van der Waals surface area contributed by atoms with Gasteiger partial charge in [0.05, 0.1) is 17.6 Å². The van der Waals surface area contributed by atoms with E-state index < -0.39 is 0 Å². The summed E-state index contributed by atoms with van der Waals surface area (Å²) in [4.78, 5) is 17.1. The molecule has 0 aliphatic heterocycles. The lowest BCUT2D eigenvalue weighted by atomic mass is 10.2. The average molecular weight is 323 g/mol. The SMILES string of the molecule is Cc1ccc2c(c1)nc(N)c1nn(Cc3ccccc3F)c(=O)n12. The molecule has 0 saturated carbocycles. The van der Waals surface area contributed by atoms with E-state index in [1.807, 2.05) is 19.1 Å². The van der Waals surface area contributed by atoms with Crippen LogP contribution in [0.1, 0.15) is 11.1 Å². The third-order valence-corrected chi connectivity index (χ3v) is 3.96. The summed E-state index contributed by atoms with van der Waals surface area (Å²) in [5.74, 6) is -0.217. The Hall–Kier alpha value is -3.22. The summed E-state index contributed by atoms with van der Waals surface area (Å²) < 4.78 is 16.5. The van der Waals surface area contributed by atoms with Crippen LogP contribution in [-0.2, 0) is 6.54 Å². The molecule has 4 aromatic rings. The summed E-state index contributed by atoms with van der Waals surface area (Å²) in [5, 5.41) is 4.23. The predicted molar refractivity (Wildman–Crippen MR) is 89.4 cm³/mol. The molecule has 2 aromatic carbocycles. The number of aromatic nitrogens is 4. The zero-order valence-corrected chi connectivity index (χ0v) is 12.9. The highest BCUT2D eigenvalue weighted by molar-refractivity contribution is 5.82. The minimum absolute atomic E-state index is 0.0278. The number of nitrogens with zero attached hydrogens (tertiary/aromatic N) is 4. The fourth-order valence-corrected chi connectivity index (χ4v) is 2.77. The quantitative estimate of drug-likeness (QED) is 0.613. The van der Waals surface area contributed by atoms with Crippen molar-refractivity contribution in [1.29, 1.82) is 0 Å². The highest BCUT2D eigenvalue weighted by atomic mass is 19.1. The van der Waals surface area contributed by atoms with Crippen LogP contribution < -0.4 is 11.4 Å². The molecule has 0 spiro atoms. The highest BCUT2D eigenvalue weighted by Gasteiger charge is 2.15. The van der Waals surface area contributed by atoms with Gasteiger partial charge >= 0.3 is 5.69 Å². The Morgan fingerprint density at radius 1 is 1.21 bits per heavy atom. The molecule has 4 rings (SSSR count). The highest BCUT2D eigenvalue weighted by Crippen LogP contribution is 2.18. The molecule has 0 radical (unpaired) electrons. The lowest BCUT2D eigenvalue weighted by molar-refractivity contribution is 0.578. The van der Waals surface area contributed by atoms with Gasteiger partial charge in [0, 0.05) is 5.56 Å². The lowest BCUT2D eigenvalue weighted by Gasteiger charge is -2.03. The molecule has 0 amide bonds. The van der Waals surface area contributed by atoms with Crippen molar-refractivity contribution < 1.29 is 4.39 Å². The third-order valence-electron chi connectivity index (χ3n) is 3.96. The largest absolute Gasteiger partial charge is 0.381 e. The Balaban J connectivity index is 1.98. The molecular formula is C17H14FN5O. The molecule has 6 nitrogen and oxygen atoms in total. The summed E-state index contributed by atoms with van der Waals surface area (Å²) in [6.45, 7) is 1.96. The van der Waals surface area contributed by atoms with Crippen LogP contribution in [0.5, 0.6) is 0 Å². The van der Waals surface area contributed by atoms with Crippen molar-refractivity contribution in [3.63, 3.8) is 0 Å². The minimum atomic E-state index is -0.381. The van der Waals surface area contributed by atoms with Gasteiger partial charge in [0.1, 0.15) is 5.82 Å². The lowest BCUT2D eigenvalue weighted by Crippen LogP contribution is -2.22. The van der Waals surface area contributed by atoms with E-state index in [1.165, 1.54) is 15.1 Å². The number of nitrogen functional groups attached to an aromatic ring is 1. The zero-order valence-electron chi connectivity index (χ0n) is 12.9. The summed E-state index contributed by atoms with van der Waals surface area (Å²) in [5.41, 5.74) is 8.49. The molecule has 0 aliphatic rings. The number of benzene rings is 2. The number of fused-ring (bicyclic) bond motifs is 3. The Kier molecular flexibility index (Phi) is 3.09. The maximum atomic E-state index is 13.9. The second kappa shape index (κ2) is 5.16. The predicted octanol–water partition coefficient (Wildman–Crippen LogP) is 2.12. The molecule has 0 atom stereocenters. The number of halogens is 1. The van der Waals surface area contributed by atoms with Crippen LogP contribution in [0.15, 0.2) is 47.3 Å². The Bertz CT molecular complexity index is 1150. The number of anilines is 1. The first-order valence-electron chi connectivity index (χ1n) is 7.43. The van der Waals surface area contributed by atoms with Crippen LogP contribution in [0, 0.1) is 12.7 Å².